The van der Waals surface area contributed by atoms with Crippen LogP contribution in [0.5, 0.6) is 0 Å². The summed E-state index contributed by atoms with van der Waals surface area (Å²) in [6.07, 6.45) is 6.05. The smallest absolute Gasteiger partial charge is 0.338 e. The summed E-state index contributed by atoms with van der Waals surface area (Å²) < 4.78 is 24.0. The van der Waals surface area contributed by atoms with Crippen molar-refractivity contribution < 1.29 is 28.3 Å². The maximum atomic E-state index is 13.2. The van der Waals surface area contributed by atoms with Crippen molar-refractivity contribution in [2.45, 2.75) is 45.2 Å². The lowest BCUT2D eigenvalue weighted by atomic mass is 9.85. The zero-order valence-corrected chi connectivity index (χ0v) is 15.8. The van der Waals surface area contributed by atoms with E-state index in [4.69, 9.17) is 14.2 Å². The van der Waals surface area contributed by atoms with Crippen LogP contribution in [0.25, 0.3) is 0 Å². The minimum Gasteiger partial charge on any atom is -0.396 e. The number of unbranched alkanes of at least 4 members (excludes halogenated alkanes) is 2. The molecule has 1 heterocycles. The lowest BCUT2D eigenvalue weighted by Gasteiger charge is -2.31. The third kappa shape index (κ3) is 4.22. The SMILES string of the molecule is CCOP(=O)(OCC)[C@@H]1C=CC[C@@H]2C(=O)N(CCCCCO)C(=O)[C@@H]21. The highest BCUT2D eigenvalue weighted by Gasteiger charge is 2.56. The van der Waals surface area contributed by atoms with Crippen molar-refractivity contribution in [3.63, 3.8) is 0 Å². The molecule has 0 aromatic carbocycles. The Hall–Kier alpha value is -1.01. The van der Waals surface area contributed by atoms with Gasteiger partial charge in [0.15, 0.2) is 0 Å². The Kier molecular flexibility index (Phi) is 7.37. The first-order chi connectivity index (χ1) is 12.0. The van der Waals surface area contributed by atoms with E-state index in [0.717, 1.165) is 6.42 Å². The fraction of sp³-hybridized carbons (Fsp3) is 0.765. The predicted octanol–water partition coefficient (Wildman–Crippen LogP) is 2.34. The van der Waals surface area contributed by atoms with Gasteiger partial charge in [0.25, 0.3) is 0 Å². The minimum atomic E-state index is -3.51. The van der Waals surface area contributed by atoms with Gasteiger partial charge >= 0.3 is 7.60 Å². The minimum absolute atomic E-state index is 0.102. The van der Waals surface area contributed by atoms with E-state index in [0.29, 0.717) is 25.8 Å². The zero-order valence-electron chi connectivity index (χ0n) is 14.9. The molecule has 142 valence electrons. The van der Waals surface area contributed by atoms with Crippen LogP contribution in [0, 0.1) is 11.8 Å². The fourth-order valence-corrected chi connectivity index (χ4v) is 5.78. The number of hydrogen-bond acceptors (Lipinski definition) is 6. The van der Waals surface area contributed by atoms with Gasteiger partial charge in [-0.2, -0.15) is 0 Å². The average molecular weight is 373 g/mol. The van der Waals surface area contributed by atoms with Gasteiger partial charge in [-0.15, -0.1) is 0 Å². The largest absolute Gasteiger partial charge is 0.396 e. The van der Waals surface area contributed by atoms with Crippen molar-refractivity contribution in [3.05, 3.63) is 12.2 Å². The van der Waals surface area contributed by atoms with Crippen molar-refractivity contribution in [2.24, 2.45) is 11.8 Å². The molecule has 2 rings (SSSR count). The van der Waals surface area contributed by atoms with Crippen LogP contribution in [-0.2, 0) is 23.2 Å². The molecule has 0 spiro atoms. The van der Waals surface area contributed by atoms with Crippen molar-refractivity contribution in [1.29, 1.82) is 0 Å². The maximum absolute atomic E-state index is 13.2. The van der Waals surface area contributed by atoms with Crippen LogP contribution in [0.3, 0.4) is 0 Å². The molecular formula is C17H28NO6P. The molecule has 1 N–H and O–H groups in total. The van der Waals surface area contributed by atoms with Crippen LogP contribution in [-0.4, -0.2) is 53.8 Å². The molecule has 0 saturated carbocycles. The Morgan fingerprint density at radius 1 is 1.16 bits per heavy atom. The molecule has 2 aliphatic rings. The summed E-state index contributed by atoms with van der Waals surface area (Å²) in [4.78, 5) is 26.8. The summed E-state index contributed by atoms with van der Waals surface area (Å²) >= 11 is 0. The van der Waals surface area contributed by atoms with Crippen LogP contribution in [0.2, 0.25) is 0 Å². The Bertz CT molecular complexity index is 553. The van der Waals surface area contributed by atoms with E-state index in [2.05, 4.69) is 0 Å². The first-order valence-electron chi connectivity index (χ1n) is 9.01. The number of fused-ring (bicyclic) bond motifs is 1. The summed E-state index contributed by atoms with van der Waals surface area (Å²) in [5.74, 6) is -1.66. The molecule has 25 heavy (non-hydrogen) atoms. The van der Waals surface area contributed by atoms with E-state index in [-0.39, 0.29) is 31.6 Å². The van der Waals surface area contributed by atoms with Crippen LogP contribution >= 0.6 is 7.60 Å². The Labute approximate surface area is 148 Å². The molecule has 0 bridgehead atoms. The van der Waals surface area contributed by atoms with Crippen LogP contribution < -0.4 is 0 Å². The number of hydrogen-bond donors (Lipinski definition) is 1. The van der Waals surface area contributed by atoms with Gasteiger partial charge in [0.2, 0.25) is 11.8 Å². The number of allylic oxidation sites excluding steroid dienone is 2. The van der Waals surface area contributed by atoms with Crippen LogP contribution in [0.15, 0.2) is 12.2 Å². The first kappa shape index (κ1) is 20.3. The Morgan fingerprint density at radius 3 is 2.44 bits per heavy atom. The first-order valence-corrected chi connectivity index (χ1v) is 10.6. The normalized spacial score (nSPS) is 26.4. The van der Waals surface area contributed by atoms with E-state index in [9.17, 15) is 14.2 Å². The van der Waals surface area contributed by atoms with Crippen molar-refractivity contribution >= 4 is 19.4 Å². The summed E-state index contributed by atoms with van der Waals surface area (Å²) in [5, 5.41) is 8.84. The van der Waals surface area contributed by atoms with E-state index in [1.807, 2.05) is 0 Å². The van der Waals surface area contributed by atoms with Gasteiger partial charge in [0.05, 0.1) is 30.7 Å². The zero-order chi connectivity index (χ0) is 18.4. The second-order valence-corrected chi connectivity index (χ2v) is 8.47. The second-order valence-electron chi connectivity index (χ2n) is 6.27. The summed E-state index contributed by atoms with van der Waals surface area (Å²) in [7, 11) is -3.51. The van der Waals surface area contributed by atoms with E-state index in [1.165, 1.54) is 4.90 Å². The van der Waals surface area contributed by atoms with Gasteiger partial charge in [-0.05, 0) is 39.5 Å². The van der Waals surface area contributed by atoms with Crippen molar-refractivity contribution in [2.75, 3.05) is 26.4 Å². The van der Waals surface area contributed by atoms with E-state index >= 15 is 0 Å². The van der Waals surface area contributed by atoms with Crippen molar-refractivity contribution in [3.8, 4) is 0 Å². The van der Waals surface area contributed by atoms with E-state index in [1.54, 1.807) is 26.0 Å². The number of aliphatic hydroxyl groups is 1. The number of carbonyl (C=O) groups is 2. The lowest BCUT2D eigenvalue weighted by molar-refractivity contribution is -0.139. The van der Waals surface area contributed by atoms with Crippen LogP contribution in [0.4, 0.5) is 0 Å². The monoisotopic (exact) mass is 373 g/mol. The molecule has 3 atom stereocenters. The Morgan fingerprint density at radius 2 is 1.84 bits per heavy atom. The highest BCUT2D eigenvalue weighted by atomic mass is 31.2. The van der Waals surface area contributed by atoms with Gasteiger partial charge in [-0.25, -0.2) is 0 Å². The molecular weight excluding hydrogens is 345 g/mol. The van der Waals surface area contributed by atoms with E-state index < -0.39 is 25.1 Å². The molecule has 0 aromatic heterocycles. The lowest BCUT2D eigenvalue weighted by Crippen LogP contribution is -2.35. The number of likely N-dealkylation sites (tertiary alicyclic amines) is 1. The maximum Gasteiger partial charge on any atom is 0.338 e. The van der Waals surface area contributed by atoms with Crippen LogP contribution in [0.1, 0.15) is 39.5 Å². The average Bonchev–Trinajstić information content (AvgIpc) is 2.84. The second kappa shape index (κ2) is 9.08. The van der Waals surface area contributed by atoms with Gasteiger partial charge < -0.3 is 14.2 Å². The number of amides is 2. The van der Waals surface area contributed by atoms with Crippen molar-refractivity contribution in [1.82, 2.24) is 4.90 Å². The molecule has 1 fully saturated rings. The quantitative estimate of drug-likeness (QED) is 0.273. The highest BCUT2D eigenvalue weighted by molar-refractivity contribution is 7.55. The third-order valence-corrected chi connectivity index (χ3v) is 7.14. The molecule has 0 aromatic rings. The molecule has 0 unspecified atom stereocenters. The molecule has 0 radical (unpaired) electrons. The topological polar surface area (TPSA) is 93.1 Å². The highest BCUT2D eigenvalue weighted by Crippen LogP contribution is 2.59. The Balaban J connectivity index is 2.19. The molecule has 1 aliphatic carbocycles. The third-order valence-electron chi connectivity index (χ3n) is 4.68. The van der Waals surface area contributed by atoms with Gasteiger partial charge in [0, 0.05) is 13.2 Å². The summed E-state index contributed by atoms with van der Waals surface area (Å²) in [6.45, 7) is 4.32. The predicted molar refractivity (Wildman–Crippen MR) is 93.0 cm³/mol. The summed E-state index contributed by atoms with van der Waals surface area (Å²) in [5.41, 5.74) is -0.718. The molecule has 1 aliphatic heterocycles. The molecule has 2 amide bonds. The standard InChI is InChI=1S/C17H28NO6P/c1-3-23-25(22,24-4-2)14-10-8-9-13-15(14)17(21)18(16(13)20)11-6-5-7-12-19/h8,10,13-15,19H,3-7,9,11-12H2,1-2H3/t13-,14+,15-/m0/s1. The number of nitrogens with zero attached hydrogens (tertiary/aromatic N) is 1. The number of aliphatic hydroxyl groups excluding tert-OH is 1. The van der Waals surface area contributed by atoms with Gasteiger partial charge in [0.1, 0.15) is 0 Å². The fourth-order valence-electron chi connectivity index (χ4n) is 3.58. The van der Waals surface area contributed by atoms with Gasteiger partial charge in [-0.1, -0.05) is 12.2 Å². The number of imide groups is 1. The number of rotatable bonds is 10. The number of carbonyl (C=O) groups excluding carboxylic acids is 2. The van der Waals surface area contributed by atoms with Gasteiger partial charge in [-0.3, -0.25) is 19.1 Å². The molecule has 1 saturated heterocycles. The molecule has 8 heteroatoms. The summed E-state index contributed by atoms with van der Waals surface area (Å²) in [6, 6.07) is 0. The molecule has 7 nitrogen and oxygen atoms in total.